The highest BCUT2D eigenvalue weighted by Crippen LogP contribution is 2.25. The largest absolute Gasteiger partial charge is 0.481 e. The fraction of sp³-hybridized carbons (Fsp3) is 0.214. The number of aryl methyl sites for hydroxylation is 1. The predicted molar refractivity (Wildman–Crippen MR) is 67.8 cm³/mol. The van der Waals surface area contributed by atoms with E-state index in [1.807, 2.05) is 12.1 Å². The third-order valence-corrected chi connectivity index (χ3v) is 2.72. The van der Waals surface area contributed by atoms with Gasteiger partial charge in [0.1, 0.15) is 6.10 Å². The molecule has 0 aliphatic carbocycles. The van der Waals surface area contributed by atoms with Crippen molar-refractivity contribution in [2.24, 2.45) is 5.73 Å². The highest BCUT2D eigenvalue weighted by molar-refractivity contribution is 5.31. The van der Waals surface area contributed by atoms with Gasteiger partial charge in [-0.25, -0.2) is 4.39 Å². The average Bonchev–Trinajstić information content (AvgIpc) is 2.41. The lowest BCUT2D eigenvalue weighted by Crippen LogP contribution is -2.19. The Hall–Kier alpha value is -1.94. The van der Waals surface area contributed by atoms with Crippen LogP contribution >= 0.6 is 0 Å². The summed E-state index contributed by atoms with van der Waals surface area (Å²) in [6.07, 6.45) is 2.95. The number of hydrogen-bond donors (Lipinski definition) is 1. The van der Waals surface area contributed by atoms with E-state index in [2.05, 4.69) is 4.98 Å². The summed E-state index contributed by atoms with van der Waals surface area (Å²) in [5, 5.41) is 0. The topological polar surface area (TPSA) is 48.1 Å². The van der Waals surface area contributed by atoms with Gasteiger partial charge >= 0.3 is 0 Å². The van der Waals surface area contributed by atoms with Crippen molar-refractivity contribution in [2.45, 2.75) is 13.0 Å². The van der Waals surface area contributed by atoms with Gasteiger partial charge in [-0.1, -0.05) is 12.1 Å². The molecule has 2 rings (SSSR count). The SMILES string of the molecule is Cc1cccc(OC(CN)c2ccncc2)c1F. The number of halogens is 1. The molecule has 1 aromatic carbocycles. The highest BCUT2D eigenvalue weighted by Gasteiger charge is 2.14. The quantitative estimate of drug-likeness (QED) is 0.902. The van der Waals surface area contributed by atoms with Crippen LogP contribution < -0.4 is 10.5 Å². The van der Waals surface area contributed by atoms with Crippen molar-refractivity contribution in [3.63, 3.8) is 0 Å². The molecule has 1 aromatic heterocycles. The van der Waals surface area contributed by atoms with Crippen molar-refractivity contribution >= 4 is 0 Å². The highest BCUT2D eigenvalue weighted by atomic mass is 19.1. The Kier molecular flexibility index (Phi) is 3.89. The van der Waals surface area contributed by atoms with Crippen molar-refractivity contribution in [2.75, 3.05) is 6.54 Å². The molecule has 0 radical (unpaired) electrons. The first kappa shape index (κ1) is 12.5. The number of benzene rings is 1. The zero-order chi connectivity index (χ0) is 13.0. The van der Waals surface area contributed by atoms with Crippen LogP contribution in [0.4, 0.5) is 4.39 Å². The number of nitrogens with zero attached hydrogens (tertiary/aromatic N) is 1. The maximum atomic E-state index is 13.8. The van der Waals surface area contributed by atoms with Gasteiger partial charge in [0.2, 0.25) is 0 Å². The minimum Gasteiger partial charge on any atom is -0.481 e. The Labute approximate surface area is 105 Å². The Morgan fingerprint density at radius 3 is 2.67 bits per heavy atom. The normalized spacial score (nSPS) is 12.2. The second-order valence-corrected chi connectivity index (χ2v) is 4.01. The monoisotopic (exact) mass is 246 g/mol. The molecule has 2 aromatic rings. The molecular formula is C14H15FN2O. The van der Waals surface area contributed by atoms with Gasteiger partial charge in [-0.3, -0.25) is 4.98 Å². The average molecular weight is 246 g/mol. The van der Waals surface area contributed by atoms with E-state index in [-0.39, 0.29) is 24.2 Å². The number of ether oxygens (including phenoxy) is 1. The lowest BCUT2D eigenvalue weighted by Gasteiger charge is -2.18. The summed E-state index contributed by atoms with van der Waals surface area (Å²) in [6.45, 7) is 1.98. The zero-order valence-corrected chi connectivity index (χ0v) is 10.1. The maximum absolute atomic E-state index is 13.8. The summed E-state index contributed by atoms with van der Waals surface area (Å²) in [7, 11) is 0. The summed E-state index contributed by atoms with van der Waals surface area (Å²) < 4.78 is 19.5. The zero-order valence-electron chi connectivity index (χ0n) is 10.1. The third kappa shape index (κ3) is 2.65. The van der Waals surface area contributed by atoms with Crippen LogP contribution in [0, 0.1) is 12.7 Å². The second kappa shape index (κ2) is 5.60. The van der Waals surface area contributed by atoms with Gasteiger partial charge in [0.15, 0.2) is 11.6 Å². The minimum atomic E-state index is -0.371. The molecule has 0 amide bonds. The molecule has 0 bridgehead atoms. The maximum Gasteiger partial charge on any atom is 0.167 e. The van der Waals surface area contributed by atoms with E-state index < -0.39 is 0 Å². The van der Waals surface area contributed by atoms with E-state index in [0.29, 0.717) is 5.56 Å². The summed E-state index contributed by atoms with van der Waals surface area (Å²) in [4.78, 5) is 3.93. The van der Waals surface area contributed by atoms with E-state index in [0.717, 1.165) is 5.56 Å². The minimum absolute atomic E-state index is 0.224. The Bertz CT molecular complexity index is 516. The fourth-order valence-corrected chi connectivity index (χ4v) is 1.70. The summed E-state index contributed by atoms with van der Waals surface area (Å²) >= 11 is 0. The summed E-state index contributed by atoms with van der Waals surface area (Å²) in [5.74, 6) is -0.118. The van der Waals surface area contributed by atoms with Gasteiger partial charge in [0.25, 0.3) is 0 Å². The van der Waals surface area contributed by atoms with Crippen LogP contribution in [-0.4, -0.2) is 11.5 Å². The predicted octanol–water partition coefficient (Wildman–Crippen LogP) is 2.61. The van der Waals surface area contributed by atoms with Gasteiger partial charge in [0.05, 0.1) is 0 Å². The number of pyridine rings is 1. The van der Waals surface area contributed by atoms with Crippen LogP contribution in [0.2, 0.25) is 0 Å². The molecule has 2 N–H and O–H groups in total. The summed E-state index contributed by atoms with van der Waals surface area (Å²) in [5.41, 5.74) is 7.11. The molecule has 94 valence electrons. The van der Waals surface area contributed by atoms with Crippen LogP contribution in [0.25, 0.3) is 0 Å². The van der Waals surface area contributed by atoms with Gasteiger partial charge in [-0.15, -0.1) is 0 Å². The third-order valence-electron chi connectivity index (χ3n) is 2.72. The van der Waals surface area contributed by atoms with Crippen molar-refractivity contribution in [1.82, 2.24) is 4.98 Å². The lowest BCUT2D eigenvalue weighted by atomic mass is 10.1. The first-order chi connectivity index (χ1) is 8.72. The van der Waals surface area contributed by atoms with Crippen molar-refractivity contribution < 1.29 is 9.13 Å². The number of hydrogen-bond acceptors (Lipinski definition) is 3. The van der Waals surface area contributed by atoms with Crippen LogP contribution in [-0.2, 0) is 0 Å². The van der Waals surface area contributed by atoms with Crippen LogP contribution in [0.1, 0.15) is 17.2 Å². The van der Waals surface area contributed by atoms with Crippen LogP contribution in [0.3, 0.4) is 0 Å². The van der Waals surface area contributed by atoms with E-state index in [9.17, 15) is 4.39 Å². The molecule has 3 nitrogen and oxygen atoms in total. The summed E-state index contributed by atoms with van der Waals surface area (Å²) in [6, 6.07) is 8.68. The Balaban J connectivity index is 2.24. The molecular weight excluding hydrogens is 231 g/mol. The van der Waals surface area contributed by atoms with Gasteiger partial charge in [-0.2, -0.15) is 0 Å². The van der Waals surface area contributed by atoms with Crippen LogP contribution in [0.15, 0.2) is 42.7 Å². The molecule has 0 aliphatic heterocycles. The Morgan fingerprint density at radius 2 is 2.00 bits per heavy atom. The van der Waals surface area contributed by atoms with Crippen LogP contribution in [0.5, 0.6) is 5.75 Å². The molecule has 0 saturated carbocycles. The smallest absolute Gasteiger partial charge is 0.167 e. The molecule has 1 atom stereocenters. The number of nitrogens with two attached hydrogens (primary N) is 1. The number of rotatable bonds is 4. The second-order valence-electron chi connectivity index (χ2n) is 4.01. The van der Waals surface area contributed by atoms with E-state index in [4.69, 9.17) is 10.5 Å². The fourth-order valence-electron chi connectivity index (χ4n) is 1.70. The van der Waals surface area contributed by atoms with Gasteiger partial charge in [-0.05, 0) is 36.2 Å². The van der Waals surface area contributed by atoms with E-state index in [1.54, 1.807) is 37.5 Å². The molecule has 0 saturated heterocycles. The van der Waals surface area contributed by atoms with E-state index in [1.165, 1.54) is 0 Å². The molecule has 0 spiro atoms. The lowest BCUT2D eigenvalue weighted by molar-refractivity contribution is 0.204. The molecule has 0 fully saturated rings. The van der Waals surface area contributed by atoms with Gasteiger partial charge < -0.3 is 10.5 Å². The molecule has 4 heteroatoms. The molecule has 18 heavy (non-hydrogen) atoms. The number of aromatic nitrogens is 1. The standard InChI is InChI=1S/C14H15FN2O/c1-10-3-2-4-12(14(10)15)18-13(9-16)11-5-7-17-8-6-11/h2-8,13H,9,16H2,1H3. The first-order valence-corrected chi connectivity index (χ1v) is 5.74. The van der Waals surface area contributed by atoms with Gasteiger partial charge in [0, 0.05) is 18.9 Å². The van der Waals surface area contributed by atoms with E-state index >= 15 is 0 Å². The molecule has 0 aliphatic rings. The van der Waals surface area contributed by atoms with Crippen molar-refractivity contribution in [3.8, 4) is 5.75 Å². The first-order valence-electron chi connectivity index (χ1n) is 5.74. The molecule has 1 heterocycles. The van der Waals surface area contributed by atoms with Crippen molar-refractivity contribution in [3.05, 3.63) is 59.7 Å². The molecule has 1 unspecified atom stereocenters. The van der Waals surface area contributed by atoms with Crippen molar-refractivity contribution in [1.29, 1.82) is 0 Å². The Morgan fingerprint density at radius 1 is 1.28 bits per heavy atom.